The SMILES string of the molecule is C=C(C)CC[C@@H](C(N)=O)[N+](=C)C(=C)CC(C)C. The number of rotatable bonds is 8. The Balaban J connectivity index is 4.60. The van der Waals surface area contributed by atoms with E-state index < -0.39 is 6.04 Å². The van der Waals surface area contributed by atoms with Crippen LogP contribution in [-0.2, 0) is 4.79 Å². The van der Waals surface area contributed by atoms with Gasteiger partial charge in [-0.1, -0.05) is 19.4 Å². The third-order valence-electron chi connectivity index (χ3n) is 2.60. The molecule has 0 aliphatic carbocycles. The Hall–Kier alpha value is -1.38. The first-order chi connectivity index (χ1) is 7.75. The minimum atomic E-state index is -0.391. The lowest BCUT2D eigenvalue weighted by molar-refractivity contribution is -0.499. The van der Waals surface area contributed by atoms with Crippen LogP contribution in [-0.4, -0.2) is 23.2 Å². The molecule has 2 N–H and O–H groups in total. The summed E-state index contributed by atoms with van der Waals surface area (Å²) in [4.78, 5) is 11.4. The largest absolute Gasteiger partial charge is 0.364 e. The van der Waals surface area contributed by atoms with Gasteiger partial charge < -0.3 is 5.73 Å². The zero-order chi connectivity index (χ0) is 13.6. The van der Waals surface area contributed by atoms with Crippen LogP contribution < -0.4 is 5.73 Å². The van der Waals surface area contributed by atoms with Gasteiger partial charge in [-0.15, -0.1) is 6.58 Å². The molecule has 17 heavy (non-hydrogen) atoms. The van der Waals surface area contributed by atoms with Crippen LogP contribution in [0.3, 0.4) is 0 Å². The molecule has 0 saturated heterocycles. The molecule has 3 nitrogen and oxygen atoms in total. The summed E-state index contributed by atoms with van der Waals surface area (Å²) in [6.45, 7) is 17.8. The Labute approximate surface area is 105 Å². The normalized spacial score (nSPS) is 12.2. The van der Waals surface area contributed by atoms with Crippen LogP contribution >= 0.6 is 0 Å². The van der Waals surface area contributed by atoms with Crippen LogP contribution in [0.25, 0.3) is 0 Å². The van der Waals surface area contributed by atoms with E-state index in [1.165, 1.54) is 0 Å². The van der Waals surface area contributed by atoms with Crippen molar-refractivity contribution in [3.8, 4) is 0 Å². The molecule has 0 bridgehead atoms. The molecule has 1 amide bonds. The lowest BCUT2D eigenvalue weighted by atomic mass is 10.0. The predicted molar refractivity (Wildman–Crippen MR) is 73.0 cm³/mol. The molecule has 0 heterocycles. The Bertz CT molecular complexity index is 329. The molecule has 3 heteroatoms. The van der Waals surface area contributed by atoms with Crippen molar-refractivity contribution in [2.75, 3.05) is 0 Å². The highest BCUT2D eigenvalue weighted by atomic mass is 16.1. The van der Waals surface area contributed by atoms with Crippen molar-refractivity contribution in [1.82, 2.24) is 0 Å². The first-order valence-electron chi connectivity index (χ1n) is 5.96. The number of carbonyl (C=O) groups is 1. The number of allylic oxidation sites excluding steroid dienone is 2. The lowest BCUT2D eigenvalue weighted by Crippen LogP contribution is -2.38. The van der Waals surface area contributed by atoms with Crippen molar-refractivity contribution < 1.29 is 9.37 Å². The standard InChI is InChI=1S/C14H24N2O/c1-10(2)7-8-13(14(15)17)16(6)12(5)9-11(3)4/h11,13H,1,5-9H2,2-4H3,(H-,15,17)/p+1/t13-/m0/s1. The molecule has 0 spiro atoms. The molecule has 1 atom stereocenters. The maximum Gasteiger partial charge on any atom is 0.286 e. The highest BCUT2D eigenvalue weighted by molar-refractivity contribution is 5.78. The van der Waals surface area contributed by atoms with Crippen molar-refractivity contribution in [3.63, 3.8) is 0 Å². The second-order valence-corrected chi connectivity index (χ2v) is 5.05. The predicted octanol–water partition coefficient (Wildman–Crippen LogP) is 2.47. The van der Waals surface area contributed by atoms with Crippen molar-refractivity contribution in [2.45, 2.75) is 46.1 Å². The molecule has 0 aromatic rings. The number of hydrogen-bond acceptors (Lipinski definition) is 1. The minimum Gasteiger partial charge on any atom is -0.364 e. The number of hydrogen-bond donors (Lipinski definition) is 1. The molecule has 0 fully saturated rings. The second kappa shape index (κ2) is 7.05. The fraction of sp³-hybridized carbons (Fsp3) is 0.571. The Morgan fingerprint density at radius 3 is 2.24 bits per heavy atom. The average molecular weight is 237 g/mol. The summed E-state index contributed by atoms with van der Waals surface area (Å²) in [6, 6.07) is -0.391. The summed E-state index contributed by atoms with van der Waals surface area (Å²) < 4.78 is 1.66. The number of primary amides is 1. The summed E-state index contributed by atoms with van der Waals surface area (Å²) in [5, 5.41) is 0. The summed E-state index contributed by atoms with van der Waals surface area (Å²) in [5.41, 5.74) is 7.29. The molecule has 0 radical (unpaired) electrons. The van der Waals surface area contributed by atoms with E-state index in [-0.39, 0.29) is 5.91 Å². The van der Waals surface area contributed by atoms with Crippen LogP contribution in [0.2, 0.25) is 0 Å². The lowest BCUT2D eigenvalue weighted by Gasteiger charge is -2.14. The maximum absolute atomic E-state index is 11.4. The summed E-state index contributed by atoms with van der Waals surface area (Å²) in [5.74, 6) is 0.132. The molecular weight excluding hydrogens is 212 g/mol. The smallest absolute Gasteiger partial charge is 0.286 e. The van der Waals surface area contributed by atoms with E-state index in [9.17, 15) is 4.79 Å². The minimum absolute atomic E-state index is 0.355. The van der Waals surface area contributed by atoms with Crippen LogP contribution in [0.4, 0.5) is 0 Å². The van der Waals surface area contributed by atoms with Crippen LogP contribution in [0.1, 0.15) is 40.0 Å². The third kappa shape index (κ3) is 6.05. The van der Waals surface area contributed by atoms with Crippen LogP contribution in [0.15, 0.2) is 24.4 Å². The van der Waals surface area contributed by atoms with Gasteiger partial charge >= 0.3 is 0 Å². The van der Waals surface area contributed by atoms with Crippen molar-refractivity contribution >= 4 is 12.6 Å². The molecule has 0 saturated carbocycles. The Kier molecular flexibility index (Phi) is 6.47. The molecule has 0 aromatic heterocycles. The van der Waals surface area contributed by atoms with Gasteiger partial charge in [-0.3, -0.25) is 4.79 Å². The van der Waals surface area contributed by atoms with E-state index in [2.05, 4.69) is 33.7 Å². The number of carbonyl (C=O) groups excluding carboxylic acids is 1. The molecule has 0 aromatic carbocycles. The second-order valence-electron chi connectivity index (χ2n) is 5.05. The summed E-state index contributed by atoms with van der Waals surface area (Å²) in [7, 11) is 0. The zero-order valence-electron chi connectivity index (χ0n) is 11.3. The van der Waals surface area contributed by atoms with Crippen molar-refractivity contribution in [3.05, 3.63) is 24.4 Å². The van der Waals surface area contributed by atoms with E-state index in [1.54, 1.807) is 4.58 Å². The summed E-state index contributed by atoms with van der Waals surface area (Å²) >= 11 is 0. The molecule has 0 unspecified atom stereocenters. The van der Waals surface area contributed by atoms with Crippen molar-refractivity contribution in [2.24, 2.45) is 11.7 Å². The van der Waals surface area contributed by atoms with Gasteiger partial charge in [0.2, 0.25) is 6.04 Å². The van der Waals surface area contributed by atoms with Gasteiger partial charge in [0.15, 0.2) is 5.70 Å². The highest BCUT2D eigenvalue weighted by Crippen LogP contribution is 2.15. The molecule has 0 aliphatic heterocycles. The molecular formula is C14H25N2O+. The van der Waals surface area contributed by atoms with Crippen LogP contribution in [0, 0.1) is 5.92 Å². The van der Waals surface area contributed by atoms with E-state index in [0.29, 0.717) is 12.3 Å². The highest BCUT2D eigenvalue weighted by Gasteiger charge is 2.27. The van der Waals surface area contributed by atoms with Crippen molar-refractivity contribution in [1.29, 1.82) is 0 Å². The van der Waals surface area contributed by atoms with E-state index >= 15 is 0 Å². The fourth-order valence-corrected chi connectivity index (χ4v) is 1.64. The van der Waals surface area contributed by atoms with Gasteiger partial charge in [-0.05, 0) is 25.8 Å². The Morgan fingerprint density at radius 1 is 1.35 bits per heavy atom. The quantitative estimate of drug-likeness (QED) is 0.393. The van der Waals surface area contributed by atoms with Crippen LogP contribution in [0.5, 0.6) is 0 Å². The van der Waals surface area contributed by atoms with Gasteiger partial charge in [0.05, 0.1) is 0 Å². The van der Waals surface area contributed by atoms with E-state index in [4.69, 9.17) is 5.73 Å². The molecule has 0 aliphatic rings. The van der Waals surface area contributed by atoms with E-state index in [1.807, 2.05) is 6.92 Å². The van der Waals surface area contributed by atoms with E-state index in [0.717, 1.165) is 24.1 Å². The van der Waals surface area contributed by atoms with Gasteiger partial charge in [0.1, 0.15) is 6.72 Å². The summed E-state index contributed by atoms with van der Waals surface area (Å²) in [6.07, 6.45) is 2.24. The van der Waals surface area contributed by atoms with Gasteiger partial charge in [0, 0.05) is 12.8 Å². The van der Waals surface area contributed by atoms with Gasteiger partial charge in [0.25, 0.3) is 5.91 Å². The molecule has 0 rings (SSSR count). The number of nitrogens with two attached hydrogens (primary N) is 1. The number of amides is 1. The first kappa shape index (κ1) is 15.6. The topological polar surface area (TPSA) is 46.1 Å². The average Bonchev–Trinajstić information content (AvgIpc) is 2.15. The maximum atomic E-state index is 11.4. The zero-order valence-corrected chi connectivity index (χ0v) is 11.3. The fourth-order valence-electron chi connectivity index (χ4n) is 1.64. The monoisotopic (exact) mass is 237 g/mol. The van der Waals surface area contributed by atoms with Gasteiger partial charge in [-0.2, -0.15) is 4.58 Å². The number of nitrogens with zero attached hydrogens (tertiary/aromatic N) is 1. The Morgan fingerprint density at radius 2 is 1.88 bits per heavy atom. The van der Waals surface area contributed by atoms with Gasteiger partial charge in [-0.25, -0.2) is 0 Å². The third-order valence-corrected chi connectivity index (χ3v) is 2.60. The first-order valence-corrected chi connectivity index (χ1v) is 5.96. The molecule has 96 valence electrons.